The summed E-state index contributed by atoms with van der Waals surface area (Å²) in [5.41, 5.74) is 2.11. The zero-order valence-electron chi connectivity index (χ0n) is 9.76. The number of methoxy groups -OCH3 is 1. The molecule has 0 bridgehead atoms. The summed E-state index contributed by atoms with van der Waals surface area (Å²) < 4.78 is 4.97. The molecule has 0 heterocycles. The van der Waals surface area contributed by atoms with Gasteiger partial charge in [0, 0.05) is 24.7 Å². The van der Waals surface area contributed by atoms with Gasteiger partial charge in [0.2, 0.25) is 0 Å². The van der Waals surface area contributed by atoms with E-state index in [1.807, 2.05) is 24.3 Å². The number of aliphatic carboxylic acids is 1. The van der Waals surface area contributed by atoms with E-state index in [1.165, 1.54) is 5.56 Å². The molecule has 0 atom stereocenters. The zero-order chi connectivity index (χ0) is 12.5. The molecule has 0 saturated heterocycles. The molecule has 1 aromatic carbocycles. The summed E-state index contributed by atoms with van der Waals surface area (Å²) in [6, 6.07) is 7.87. The SMILES string of the molecule is COCCSCc1cccc(C=CC(=O)O)c1. The second kappa shape index (κ2) is 7.92. The van der Waals surface area contributed by atoms with Crippen LogP contribution in [-0.4, -0.2) is 30.5 Å². The summed E-state index contributed by atoms with van der Waals surface area (Å²) >= 11 is 1.80. The predicted octanol–water partition coefficient (Wildman–Crippen LogP) is 2.66. The average molecular weight is 252 g/mol. The lowest BCUT2D eigenvalue weighted by Gasteiger charge is -2.02. The highest BCUT2D eigenvalue weighted by Crippen LogP contribution is 2.14. The Kier molecular flexibility index (Phi) is 6.43. The van der Waals surface area contributed by atoms with Crippen LogP contribution in [0.2, 0.25) is 0 Å². The monoisotopic (exact) mass is 252 g/mol. The molecule has 0 aliphatic carbocycles. The molecule has 0 aliphatic heterocycles. The maximum atomic E-state index is 10.4. The molecule has 0 saturated carbocycles. The van der Waals surface area contributed by atoms with Crippen molar-refractivity contribution in [3.63, 3.8) is 0 Å². The molecule has 0 fully saturated rings. The van der Waals surface area contributed by atoms with Crippen molar-refractivity contribution in [3.05, 3.63) is 41.5 Å². The van der Waals surface area contributed by atoms with Crippen LogP contribution in [0, 0.1) is 0 Å². The fourth-order valence-electron chi connectivity index (χ4n) is 1.29. The van der Waals surface area contributed by atoms with Crippen LogP contribution in [0.3, 0.4) is 0 Å². The van der Waals surface area contributed by atoms with Gasteiger partial charge in [-0.2, -0.15) is 11.8 Å². The van der Waals surface area contributed by atoms with Crippen molar-refractivity contribution >= 4 is 23.8 Å². The van der Waals surface area contributed by atoms with Gasteiger partial charge in [0.15, 0.2) is 0 Å². The van der Waals surface area contributed by atoms with Crippen molar-refractivity contribution in [2.45, 2.75) is 5.75 Å². The standard InChI is InChI=1S/C13H16O3S/c1-16-7-8-17-10-12-4-2-3-11(9-12)5-6-13(14)15/h2-6,9H,7-8,10H2,1H3,(H,14,15). The van der Waals surface area contributed by atoms with Crippen LogP contribution in [0.4, 0.5) is 0 Å². The molecule has 1 rings (SSSR count). The zero-order valence-corrected chi connectivity index (χ0v) is 10.6. The van der Waals surface area contributed by atoms with Crippen LogP contribution in [0.25, 0.3) is 6.08 Å². The number of carboxylic acid groups (broad SMARTS) is 1. The molecular weight excluding hydrogens is 236 g/mol. The maximum Gasteiger partial charge on any atom is 0.328 e. The Morgan fingerprint density at radius 3 is 3.06 bits per heavy atom. The third-order valence-corrected chi connectivity index (χ3v) is 3.06. The van der Waals surface area contributed by atoms with Crippen LogP contribution in [0.5, 0.6) is 0 Å². The molecule has 0 aliphatic rings. The molecular formula is C13H16O3S. The molecule has 0 aromatic heterocycles. The van der Waals surface area contributed by atoms with Gasteiger partial charge in [-0.3, -0.25) is 0 Å². The van der Waals surface area contributed by atoms with Gasteiger partial charge in [0.1, 0.15) is 0 Å². The fraction of sp³-hybridized carbons (Fsp3) is 0.308. The fourth-order valence-corrected chi connectivity index (χ4v) is 2.13. The number of carboxylic acids is 1. The highest BCUT2D eigenvalue weighted by Gasteiger charge is 1.95. The highest BCUT2D eigenvalue weighted by molar-refractivity contribution is 7.98. The van der Waals surface area contributed by atoms with Crippen LogP contribution in [0.1, 0.15) is 11.1 Å². The first kappa shape index (κ1) is 13.8. The average Bonchev–Trinajstić information content (AvgIpc) is 2.33. The quantitative estimate of drug-likeness (QED) is 0.598. The Balaban J connectivity index is 2.50. The largest absolute Gasteiger partial charge is 0.478 e. The van der Waals surface area contributed by atoms with Gasteiger partial charge >= 0.3 is 5.97 Å². The first-order valence-electron chi connectivity index (χ1n) is 5.29. The van der Waals surface area contributed by atoms with Crippen molar-refractivity contribution in [1.82, 2.24) is 0 Å². The van der Waals surface area contributed by atoms with Gasteiger partial charge in [0.05, 0.1) is 6.61 Å². The summed E-state index contributed by atoms with van der Waals surface area (Å²) in [5.74, 6) is 0.953. The minimum atomic E-state index is -0.926. The van der Waals surface area contributed by atoms with E-state index in [0.717, 1.165) is 29.8 Å². The molecule has 0 unspecified atom stereocenters. The van der Waals surface area contributed by atoms with Gasteiger partial charge in [-0.05, 0) is 17.2 Å². The van der Waals surface area contributed by atoms with Crippen LogP contribution in [-0.2, 0) is 15.3 Å². The Hall–Kier alpha value is -1.26. The number of benzene rings is 1. The minimum Gasteiger partial charge on any atom is -0.478 e. The Morgan fingerprint density at radius 1 is 1.53 bits per heavy atom. The van der Waals surface area contributed by atoms with Crippen LogP contribution in [0.15, 0.2) is 30.3 Å². The van der Waals surface area contributed by atoms with E-state index in [4.69, 9.17) is 9.84 Å². The number of hydrogen-bond acceptors (Lipinski definition) is 3. The van der Waals surface area contributed by atoms with Crippen molar-refractivity contribution in [2.75, 3.05) is 19.5 Å². The van der Waals surface area contributed by atoms with Gasteiger partial charge in [0.25, 0.3) is 0 Å². The smallest absolute Gasteiger partial charge is 0.328 e. The molecule has 0 amide bonds. The number of carbonyl (C=O) groups is 1. The molecule has 4 heteroatoms. The Morgan fingerprint density at radius 2 is 2.35 bits per heavy atom. The molecule has 3 nitrogen and oxygen atoms in total. The molecule has 92 valence electrons. The number of ether oxygens (including phenoxy) is 1. The maximum absolute atomic E-state index is 10.4. The van der Waals surface area contributed by atoms with Crippen LogP contribution >= 0.6 is 11.8 Å². The van der Waals surface area contributed by atoms with Crippen molar-refractivity contribution in [3.8, 4) is 0 Å². The van der Waals surface area contributed by atoms with Crippen LogP contribution < -0.4 is 0 Å². The second-order valence-corrected chi connectivity index (χ2v) is 4.57. The summed E-state index contributed by atoms with van der Waals surface area (Å²) in [6.07, 6.45) is 2.75. The Bertz CT molecular complexity index is 388. The van der Waals surface area contributed by atoms with E-state index < -0.39 is 5.97 Å². The van der Waals surface area contributed by atoms with E-state index in [0.29, 0.717) is 0 Å². The third kappa shape index (κ3) is 6.14. The topological polar surface area (TPSA) is 46.5 Å². The second-order valence-electron chi connectivity index (χ2n) is 3.46. The van der Waals surface area contributed by atoms with Gasteiger partial charge in [-0.1, -0.05) is 24.3 Å². The number of rotatable bonds is 7. The van der Waals surface area contributed by atoms with Gasteiger partial charge < -0.3 is 9.84 Å². The summed E-state index contributed by atoms with van der Waals surface area (Å²) in [4.78, 5) is 10.4. The Labute approximate surface area is 105 Å². The molecule has 0 radical (unpaired) electrons. The summed E-state index contributed by atoms with van der Waals surface area (Å²) in [5, 5.41) is 8.54. The lowest BCUT2D eigenvalue weighted by molar-refractivity contribution is -0.131. The van der Waals surface area contributed by atoms with E-state index in [1.54, 1.807) is 24.9 Å². The van der Waals surface area contributed by atoms with E-state index in [2.05, 4.69) is 0 Å². The summed E-state index contributed by atoms with van der Waals surface area (Å²) in [6.45, 7) is 0.753. The number of hydrogen-bond donors (Lipinski definition) is 1. The normalized spacial score (nSPS) is 10.9. The van der Waals surface area contributed by atoms with E-state index in [-0.39, 0.29) is 0 Å². The van der Waals surface area contributed by atoms with E-state index in [9.17, 15) is 4.79 Å². The number of thioether (sulfide) groups is 1. The van der Waals surface area contributed by atoms with Crippen molar-refractivity contribution in [1.29, 1.82) is 0 Å². The minimum absolute atomic E-state index is 0.753. The third-order valence-electron chi connectivity index (χ3n) is 2.07. The van der Waals surface area contributed by atoms with Crippen molar-refractivity contribution < 1.29 is 14.6 Å². The predicted molar refractivity (Wildman–Crippen MR) is 71.1 cm³/mol. The molecule has 0 spiro atoms. The first-order chi connectivity index (χ1) is 8.22. The summed E-state index contributed by atoms with van der Waals surface area (Å²) in [7, 11) is 1.69. The lowest BCUT2D eigenvalue weighted by atomic mass is 10.1. The van der Waals surface area contributed by atoms with Crippen molar-refractivity contribution in [2.24, 2.45) is 0 Å². The lowest BCUT2D eigenvalue weighted by Crippen LogP contribution is -1.92. The van der Waals surface area contributed by atoms with Gasteiger partial charge in [-0.25, -0.2) is 4.79 Å². The molecule has 1 aromatic rings. The highest BCUT2D eigenvalue weighted by atomic mass is 32.2. The first-order valence-corrected chi connectivity index (χ1v) is 6.44. The van der Waals surface area contributed by atoms with E-state index >= 15 is 0 Å². The molecule has 1 N–H and O–H groups in total. The van der Waals surface area contributed by atoms with Gasteiger partial charge in [-0.15, -0.1) is 0 Å². The molecule has 17 heavy (non-hydrogen) atoms.